The smallest absolute Gasteiger partial charge is 0.0761 e. The van der Waals surface area contributed by atoms with Crippen LogP contribution in [0.25, 0.3) is 0 Å². The highest BCUT2D eigenvalue weighted by atomic mass is 16.3. The number of benzene rings is 1. The summed E-state index contributed by atoms with van der Waals surface area (Å²) in [6.07, 6.45) is 2.39. The van der Waals surface area contributed by atoms with Gasteiger partial charge in [-0.25, -0.2) is 0 Å². The monoisotopic (exact) mass is 233 g/mol. The molecule has 0 aliphatic heterocycles. The van der Waals surface area contributed by atoms with Gasteiger partial charge in [0.15, 0.2) is 0 Å². The lowest BCUT2D eigenvalue weighted by atomic mass is 10.1. The lowest BCUT2D eigenvalue weighted by Crippen LogP contribution is -2.32. The van der Waals surface area contributed by atoms with Crippen molar-refractivity contribution in [1.29, 1.82) is 0 Å². The minimum atomic E-state index is -0.375. The van der Waals surface area contributed by atoms with Crippen LogP contribution < -0.4 is 4.90 Å². The molecule has 1 atom stereocenters. The molecule has 1 aromatic rings. The predicted molar refractivity (Wildman–Crippen MR) is 72.3 cm³/mol. The van der Waals surface area contributed by atoms with Crippen molar-refractivity contribution >= 4 is 5.69 Å². The van der Waals surface area contributed by atoms with Crippen LogP contribution >= 0.6 is 0 Å². The summed E-state index contributed by atoms with van der Waals surface area (Å²) in [6, 6.07) is 8.85. The third kappa shape index (κ3) is 3.22. The Morgan fingerprint density at radius 1 is 1.18 bits per heavy atom. The number of rotatable bonds is 5. The molecule has 0 saturated heterocycles. The topological polar surface area (TPSA) is 23.5 Å². The number of anilines is 1. The first-order valence-corrected chi connectivity index (χ1v) is 6.62. The van der Waals surface area contributed by atoms with Crippen molar-refractivity contribution in [3.63, 3.8) is 0 Å². The van der Waals surface area contributed by atoms with Gasteiger partial charge in [-0.2, -0.15) is 0 Å². The molecule has 1 fully saturated rings. The van der Waals surface area contributed by atoms with Crippen LogP contribution in [-0.4, -0.2) is 17.7 Å². The van der Waals surface area contributed by atoms with Gasteiger partial charge in [0.1, 0.15) is 0 Å². The van der Waals surface area contributed by atoms with E-state index >= 15 is 0 Å². The second-order valence-corrected chi connectivity index (χ2v) is 5.46. The second kappa shape index (κ2) is 5.09. The minimum Gasteiger partial charge on any atom is -0.389 e. The molecule has 0 amide bonds. The van der Waals surface area contributed by atoms with Gasteiger partial charge < -0.3 is 10.0 Å². The van der Waals surface area contributed by atoms with Gasteiger partial charge in [-0.15, -0.1) is 0 Å². The average Bonchev–Trinajstić information content (AvgIpc) is 3.09. The molecule has 0 spiro atoms. The maximum atomic E-state index is 9.50. The molecule has 2 rings (SSSR count). The van der Waals surface area contributed by atoms with E-state index in [2.05, 4.69) is 30.9 Å². The van der Waals surface area contributed by atoms with Crippen molar-refractivity contribution in [2.24, 2.45) is 5.92 Å². The third-order valence-corrected chi connectivity index (χ3v) is 3.48. The highest BCUT2D eigenvalue weighted by Crippen LogP contribution is 2.32. The molecule has 1 aromatic carbocycles. The summed E-state index contributed by atoms with van der Waals surface area (Å²) in [5.74, 6) is 0.897. The number of aliphatic hydroxyl groups is 1. The van der Waals surface area contributed by atoms with Gasteiger partial charge in [0.2, 0.25) is 0 Å². The Labute approximate surface area is 104 Å². The van der Waals surface area contributed by atoms with E-state index in [1.165, 1.54) is 25.1 Å². The van der Waals surface area contributed by atoms with Crippen molar-refractivity contribution < 1.29 is 5.11 Å². The van der Waals surface area contributed by atoms with E-state index in [4.69, 9.17) is 0 Å². The van der Waals surface area contributed by atoms with Crippen molar-refractivity contribution in [3.05, 3.63) is 29.8 Å². The number of aliphatic hydroxyl groups excluding tert-OH is 1. The van der Waals surface area contributed by atoms with Crippen LogP contribution in [0.15, 0.2) is 24.3 Å². The van der Waals surface area contributed by atoms with E-state index in [1.807, 2.05) is 12.1 Å². The summed E-state index contributed by atoms with van der Waals surface area (Å²) in [4.78, 5) is 2.46. The van der Waals surface area contributed by atoms with Crippen LogP contribution in [0.1, 0.15) is 45.3 Å². The Hall–Kier alpha value is -1.02. The van der Waals surface area contributed by atoms with Gasteiger partial charge in [0.05, 0.1) is 6.10 Å². The van der Waals surface area contributed by atoms with Crippen molar-refractivity contribution in [2.45, 2.75) is 45.8 Å². The summed E-state index contributed by atoms with van der Waals surface area (Å²) < 4.78 is 0. The summed E-state index contributed by atoms with van der Waals surface area (Å²) in [5.41, 5.74) is 2.26. The molecule has 17 heavy (non-hydrogen) atoms. The number of hydrogen-bond acceptors (Lipinski definition) is 2. The van der Waals surface area contributed by atoms with Crippen LogP contribution in [0, 0.1) is 5.92 Å². The molecule has 1 saturated carbocycles. The van der Waals surface area contributed by atoms with E-state index in [0.29, 0.717) is 6.04 Å². The molecular formula is C15H23NO. The van der Waals surface area contributed by atoms with Gasteiger partial charge in [-0.05, 0) is 57.2 Å². The van der Waals surface area contributed by atoms with Gasteiger partial charge in [0, 0.05) is 18.3 Å². The zero-order chi connectivity index (χ0) is 12.4. The molecule has 0 bridgehead atoms. The second-order valence-electron chi connectivity index (χ2n) is 5.46. The van der Waals surface area contributed by atoms with E-state index in [-0.39, 0.29) is 6.10 Å². The Morgan fingerprint density at radius 3 is 2.18 bits per heavy atom. The SMILES string of the molecule is CC(C)N(CC1CC1)c1ccc([C@H](C)O)cc1. The highest BCUT2D eigenvalue weighted by Gasteiger charge is 2.25. The Balaban J connectivity index is 2.11. The first-order chi connectivity index (χ1) is 8.08. The van der Waals surface area contributed by atoms with E-state index < -0.39 is 0 Å². The van der Waals surface area contributed by atoms with Crippen LogP contribution in [0.5, 0.6) is 0 Å². The lowest BCUT2D eigenvalue weighted by Gasteiger charge is -2.29. The van der Waals surface area contributed by atoms with E-state index in [1.54, 1.807) is 6.92 Å². The van der Waals surface area contributed by atoms with E-state index in [0.717, 1.165) is 11.5 Å². The third-order valence-electron chi connectivity index (χ3n) is 3.48. The Morgan fingerprint density at radius 2 is 1.76 bits per heavy atom. The molecule has 0 unspecified atom stereocenters. The number of hydrogen-bond donors (Lipinski definition) is 1. The molecule has 2 heteroatoms. The minimum absolute atomic E-state index is 0.375. The summed E-state index contributed by atoms with van der Waals surface area (Å²) >= 11 is 0. The van der Waals surface area contributed by atoms with Crippen LogP contribution in [0.2, 0.25) is 0 Å². The maximum Gasteiger partial charge on any atom is 0.0761 e. The normalized spacial score (nSPS) is 17.2. The first-order valence-electron chi connectivity index (χ1n) is 6.62. The number of nitrogens with zero attached hydrogens (tertiary/aromatic N) is 1. The molecule has 1 N–H and O–H groups in total. The quantitative estimate of drug-likeness (QED) is 0.843. The summed E-state index contributed by atoms with van der Waals surface area (Å²) in [7, 11) is 0. The fourth-order valence-electron chi connectivity index (χ4n) is 2.14. The summed E-state index contributed by atoms with van der Waals surface area (Å²) in [5, 5.41) is 9.50. The highest BCUT2D eigenvalue weighted by molar-refractivity contribution is 5.48. The zero-order valence-corrected chi connectivity index (χ0v) is 11.1. The maximum absolute atomic E-state index is 9.50. The Bertz CT molecular complexity index is 352. The average molecular weight is 233 g/mol. The van der Waals surface area contributed by atoms with E-state index in [9.17, 15) is 5.11 Å². The fraction of sp³-hybridized carbons (Fsp3) is 0.600. The van der Waals surface area contributed by atoms with Crippen molar-refractivity contribution in [2.75, 3.05) is 11.4 Å². The largest absolute Gasteiger partial charge is 0.389 e. The fourth-order valence-corrected chi connectivity index (χ4v) is 2.14. The zero-order valence-electron chi connectivity index (χ0n) is 11.1. The van der Waals surface area contributed by atoms with Crippen molar-refractivity contribution in [3.8, 4) is 0 Å². The van der Waals surface area contributed by atoms with Crippen molar-refractivity contribution in [1.82, 2.24) is 0 Å². The molecule has 0 heterocycles. The Kier molecular flexibility index (Phi) is 3.72. The molecule has 94 valence electrons. The van der Waals surface area contributed by atoms with Crippen LogP contribution in [-0.2, 0) is 0 Å². The van der Waals surface area contributed by atoms with Crippen LogP contribution in [0.3, 0.4) is 0 Å². The lowest BCUT2D eigenvalue weighted by molar-refractivity contribution is 0.199. The standard InChI is InChI=1S/C15H23NO/c1-11(2)16(10-13-4-5-13)15-8-6-14(7-9-15)12(3)17/h6-9,11-13,17H,4-5,10H2,1-3H3/t12-/m0/s1. The molecule has 1 aliphatic rings. The summed E-state index contributed by atoms with van der Waals surface area (Å²) in [6.45, 7) is 7.46. The molecular weight excluding hydrogens is 210 g/mol. The van der Waals surface area contributed by atoms with Gasteiger partial charge in [-0.1, -0.05) is 12.1 Å². The molecule has 0 aromatic heterocycles. The van der Waals surface area contributed by atoms with Gasteiger partial charge in [0.25, 0.3) is 0 Å². The van der Waals surface area contributed by atoms with Crippen LogP contribution in [0.4, 0.5) is 5.69 Å². The molecule has 1 aliphatic carbocycles. The van der Waals surface area contributed by atoms with Gasteiger partial charge in [-0.3, -0.25) is 0 Å². The molecule has 0 radical (unpaired) electrons. The molecule has 2 nitrogen and oxygen atoms in total. The van der Waals surface area contributed by atoms with Gasteiger partial charge >= 0.3 is 0 Å². The predicted octanol–water partition coefficient (Wildman–Crippen LogP) is 3.36. The first kappa shape index (κ1) is 12.4.